The first-order chi connectivity index (χ1) is 15.3. The molecule has 5 aromatic rings. The van der Waals surface area contributed by atoms with E-state index in [4.69, 9.17) is 9.15 Å². The summed E-state index contributed by atoms with van der Waals surface area (Å²) in [6.07, 6.45) is 1.74. The van der Waals surface area contributed by atoms with Gasteiger partial charge < -0.3 is 9.15 Å². The van der Waals surface area contributed by atoms with Crippen molar-refractivity contribution in [3.63, 3.8) is 0 Å². The Morgan fingerprint density at radius 3 is 2.77 bits per heavy atom. The second kappa shape index (κ2) is 8.52. The monoisotopic (exact) mass is 431 g/mol. The lowest BCUT2D eigenvalue weighted by Gasteiger charge is -2.06. The van der Waals surface area contributed by atoms with E-state index in [2.05, 4.69) is 30.7 Å². The molecule has 154 valence electrons. The standard InChI is InChI=1S/C21H17N7O2S/c1-14-7-9-16(10-8-14)28-18(23-26-27-28)13-31-21-25-24-19(30-21)12-29-17-6-2-4-15-5-3-11-22-20(15)17/h2-11H,12-13H2,1H3. The van der Waals surface area contributed by atoms with E-state index in [1.54, 1.807) is 10.9 Å². The molecule has 0 fully saturated rings. The van der Waals surface area contributed by atoms with E-state index in [-0.39, 0.29) is 6.61 Å². The van der Waals surface area contributed by atoms with Gasteiger partial charge in [-0.05, 0) is 41.6 Å². The van der Waals surface area contributed by atoms with Gasteiger partial charge in [-0.25, -0.2) is 0 Å². The zero-order valence-corrected chi connectivity index (χ0v) is 17.4. The molecule has 0 saturated carbocycles. The highest BCUT2D eigenvalue weighted by molar-refractivity contribution is 7.98. The van der Waals surface area contributed by atoms with Crippen molar-refractivity contribution in [2.75, 3.05) is 0 Å². The molecular formula is C21H17N7O2S. The summed E-state index contributed by atoms with van der Waals surface area (Å²) in [5.74, 6) is 2.22. The minimum absolute atomic E-state index is 0.157. The Bertz CT molecular complexity index is 1310. The van der Waals surface area contributed by atoms with Gasteiger partial charge in [0.25, 0.3) is 11.1 Å². The quantitative estimate of drug-likeness (QED) is 0.356. The predicted octanol–water partition coefficient (Wildman–Crippen LogP) is 3.77. The maximum Gasteiger partial charge on any atom is 0.277 e. The number of aromatic nitrogens is 7. The van der Waals surface area contributed by atoms with Crippen molar-refractivity contribution in [3.8, 4) is 11.4 Å². The summed E-state index contributed by atoms with van der Waals surface area (Å²) >= 11 is 1.36. The van der Waals surface area contributed by atoms with Gasteiger partial charge in [-0.15, -0.1) is 15.3 Å². The van der Waals surface area contributed by atoms with E-state index in [1.165, 1.54) is 17.3 Å². The Balaban J connectivity index is 1.23. The van der Waals surface area contributed by atoms with E-state index < -0.39 is 0 Å². The lowest BCUT2D eigenvalue weighted by atomic mass is 10.2. The van der Waals surface area contributed by atoms with Crippen molar-refractivity contribution in [3.05, 3.63) is 78.1 Å². The zero-order valence-electron chi connectivity index (χ0n) is 16.5. The highest BCUT2D eigenvalue weighted by atomic mass is 32.2. The fourth-order valence-corrected chi connectivity index (χ4v) is 3.68. The van der Waals surface area contributed by atoms with Gasteiger partial charge in [0.1, 0.15) is 11.3 Å². The van der Waals surface area contributed by atoms with Crippen LogP contribution in [0.2, 0.25) is 0 Å². The minimum atomic E-state index is 0.157. The fourth-order valence-electron chi connectivity index (χ4n) is 3.00. The molecule has 2 aromatic carbocycles. The molecule has 0 radical (unpaired) electrons. The normalized spacial score (nSPS) is 11.1. The molecule has 9 nitrogen and oxygen atoms in total. The molecule has 0 aliphatic rings. The number of hydrogen-bond acceptors (Lipinski definition) is 9. The molecule has 0 spiro atoms. The highest BCUT2D eigenvalue weighted by Crippen LogP contribution is 2.25. The number of para-hydroxylation sites is 1. The summed E-state index contributed by atoms with van der Waals surface area (Å²) in [6.45, 7) is 2.19. The lowest BCUT2D eigenvalue weighted by molar-refractivity contribution is 0.254. The first-order valence-electron chi connectivity index (χ1n) is 9.52. The molecule has 3 aromatic heterocycles. The van der Waals surface area contributed by atoms with Crippen LogP contribution < -0.4 is 4.74 Å². The number of benzene rings is 2. The zero-order chi connectivity index (χ0) is 21.0. The second-order valence-corrected chi connectivity index (χ2v) is 7.64. The van der Waals surface area contributed by atoms with Crippen molar-refractivity contribution in [2.24, 2.45) is 0 Å². The molecule has 10 heteroatoms. The number of aryl methyl sites for hydroxylation is 1. The molecule has 5 rings (SSSR count). The largest absolute Gasteiger partial charge is 0.482 e. The van der Waals surface area contributed by atoms with E-state index >= 15 is 0 Å². The number of thioether (sulfide) groups is 1. The minimum Gasteiger partial charge on any atom is -0.482 e. The first kappa shape index (κ1) is 19.2. The number of ether oxygens (including phenoxy) is 1. The molecule has 0 atom stereocenters. The number of rotatable bonds is 7. The van der Waals surface area contributed by atoms with Crippen LogP contribution >= 0.6 is 11.8 Å². The third kappa shape index (κ3) is 4.24. The van der Waals surface area contributed by atoms with Gasteiger partial charge in [-0.3, -0.25) is 4.98 Å². The van der Waals surface area contributed by atoms with Crippen molar-refractivity contribution in [1.82, 2.24) is 35.4 Å². The van der Waals surface area contributed by atoms with Crippen molar-refractivity contribution < 1.29 is 9.15 Å². The van der Waals surface area contributed by atoms with Gasteiger partial charge in [0.05, 0.1) is 11.4 Å². The van der Waals surface area contributed by atoms with E-state index in [9.17, 15) is 0 Å². The third-order valence-corrected chi connectivity index (χ3v) is 5.35. The van der Waals surface area contributed by atoms with Crippen LogP contribution in [0, 0.1) is 6.92 Å². The first-order valence-corrected chi connectivity index (χ1v) is 10.5. The van der Waals surface area contributed by atoms with Gasteiger partial charge in [-0.1, -0.05) is 47.7 Å². The van der Waals surface area contributed by atoms with Crippen LogP contribution in [-0.2, 0) is 12.4 Å². The van der Waals surface area contributed by atoms with E-state index in [1.807, 2.05) is 61.5 Å². The number of pyridine rings is 1. The van der Waals surface area contributed by atoms with Gasteiger partial charge in [0, 0.05) is 11.6 Å². The second-order valence-electron chi connectivity index (χ2n) is 6.71. The molecular weight excluding hydrogens is 414 g/mol. The van der Waals surface area contributed by atoms with Crippen molar-refractivity contribution in [2.45, 2.75) is 24.5 Å². The summed E-state index contributed by atoms with van der Waals surface area (Å²) in [6, 6.07) is 17.6. The van der Waals surface area contributed by atoms with Crippen LogP contribution in [0.25, 0.3) is 16.6 Å². The van der Waals surface area contributed by atoms with E-state index in [0.717, 1.165) is 16.6 Å². The summed E-state index contributed by atoms with van der Waals surface area (Å²) in [4.78, 5) is 4.38. The van der Waals surface area contributed by atoms with Crippen LogP contribution in [0.1, 0.15) is 17.3 Å². The molecule has 3 heterocycles. The molecule has 31 heavy (non-hydrogen) atoms. The Labute approximate surface area is 181 Å². The van der Waals surface area contributed by atoms with Gasteiger partial charge in [-0.2, -0.15) is 4.68 Å². The number of fused-ring (bicyclic) bond motifs is 1. The lowest BCUT2D eigenvalue weighted by Crippen LogP contribution is -2.02. The fraction of sp³-hybridized carbons (Fsp3) is 0.143. The van der Waals surface area contributed by atoms with Crippen LogP contribution in [0.5, 0.6) is 5.75 Å². The van der Waals surface area contributed by atoms with Gasteiger partial charge >= 0.3 is 0 Å². The van der Waals surface area contributed by atoms with E-state index in [0.29, 0.717) is 28.4 Å². The van der Waals surface area contributed by atoms with Gasteiger partial charge in [0.15, 0.2) is 12.4 Å². The number of tetrazole rings is 1. The predicted molar refractivity (Wildman–Crippen MR) is 114 cm³/mol. The van der Waals surface area contributed by atoms with Crippen molar-refractivity contribution in [1.29, 1.82) is 0 Å². The summed E-state index contributed by atoms with van der Waals surface area (Å²) in [5.41, 5.74) is 2.87. The average molecular weight is 431 g/mol. The maximum atomic E-state index is 5.85. The Morgan fingerprint density at radius 1 is 1.00 bits per heavy atom. The molecule has 0 N–H and O–H groups in total. The smallest absolute Gasteiger partial charge is 0.277 e. The van der Waals surface area contributed by atoms with Crippen LogP contribution in [0.15, 0.2) is 70.4 Å². The Hall–Kier alpha value is -3.79. The molecule has 0 unspecified atom stereocenters. The Morgan fingerprint density at radius 2 is 1.87 bits per heavy atom. The Kier molecular flexibility index (Phi) is 5.28. The highest BCUT2D eigenvalue weighted by Gasteiger charge is 2.13. The average Bonchev–Trinajstić information content (AvgIpc) is 3.46. The summed E-state index contributed by atoms with van der Waals surface area (Å²) in [5, 5.41) is 21.5. The molecule has 0 saturated heterocycles. The summed E-state index contributed by atoms with van der Waals surface area (Å²) < 4.78 is 13.2. The molecule has 0 aliphatic heterocycles. The van der Waals surface area contributed by atoms with Crippen LogP contribution in [-0.4, -0.2) is 35.4 Å². The number of hydrogen-bond donors (Lipinski definition) is 0. The SMILES string of the molecule is Cc1ccc(-n2nnnc2CSc2nnc(COc3cccc4cccnc34)o2)cc1. The summed E-state index contributed by atoms with van der Waals surface area (Å²) in [7, 11) is 0. The molecule has 0 aliphatic carbocycles. The third-order valence-electron chi connectivity index (χ3n) is 4.53. The van der Waals surface area contributed by atoms with Crippen LogP contribution in [0.3, 0.4) is 0 Å². The molecule has 0 bridgehead atoms. The van der Waals surface area contributed by atoms with Crippen molar-refractivity contribution >= 4 is 22.7 Å². The topological polar surface area (TPSA) is 105 Å². The maximum absolute atomic E-state index is 5.85. The molecule has 0 amide bonds. The number of nitrogens with zero attached hydrogens (tertiary/aromatic N) is 7. The van der Waals surface area contributed by atoms with Crippen LogP contribution in [0.4, 0.5) is 0 Å². The van der Waals surface area contributed by atoms with Gasteiger partial charge in [0.2, 0.25) is 0 Å².